The Balaban J connectivity index is 2.53. The SMILES string of the molecule is COCc1csc(-c2c(F)ccc([N+](=O)[O-])c2F)n1. The third-order valence-electron chi connectivity index (χ3n) is 2.33. The second-order valence-electron chi connectivity index (χ2n) is 3.59. The first-order chi connectivity index (χ1) is 9.04. The fourth-order valence-electron chi connectivity index (χ4n) is 1.51. The van der Waals surface area contributed by atoms with Crippen LogP contribution >= 0.6 is 11.3 Å². The average molecular weight is 286 g/mol. The van der Waals surface area contributed by atoms with Gasteiger partial charge in [-0.3, -0.25) is 10.1 Å². The van der Waals surface area contributed by atoms with Crippen LogP contribution < -0.4 is 0 Å². The molecule has 0 amide bonds. The monoisotopic (exact) mass is 286 g/mol. The standard InChI is InChI=1S/C11H8F2N2O3S/c1-18-4-6-5-19-11(14-6)9-7(12)2-3-8(10(9)13)15(16)17/h2-3,5H,4H2,1H3. The lowest BCUT2D eigenvalue weighted by Gasteiger charge is -2.02. The minimum Gasteiger partial charge on any atom is -0.378 e. The highest BCUT2D eigenvalue weighted by atomic mass is 32.1. The highest BCUT2D eigenvalue weighted by molar-refractivity contribution is 7.13. The van der Waals surface area contributed by atoms with Gasteiger partial charge < -0.3 is 4.74 Å². The molecule has 0 saturated carbocycles. The van der Waals surface area contributed by atoms with Crippen molar-refractivity contribution >= 4 is 17.0 Å². The van der Waals surface area contributed by atoms with E-state index < -0.39 is 27.8 Å². The van der Waals surface area contributed by atoms with E-state index in [0.717, 1.165) is 23.5 Å². The Hall–Kier alpha value is -1.93. The van der Waals surface area contributed by atoms with Crippen molar-refractivity contribution in [2.24, 2.45) is 0 Å². The topological polar surface area (TPSA) is 65.3 Å². The van der Waals surface area contributed by atoms with Crippen LogP contribution in [0.4, 0.5) is 14.5 Å². The molecule has 1 heterocycles. The molecular weight excluding hydrogens is 278 g/mol. The lowest BCUT2D eigenvalue weighted by molar-refractivity contribution is -0.387. The van der Waals surface area contributed by atoms with Gasteiger partial charge in [-0.25, -0.2) is 9.37 Å². The maximum absolute atomic E-state index is 13.9. The van der Waals surface area contributed by atoms with Crippen LogP contribution in [0.15, 0.2) is 17.5 Å². The molecule has 0 aliphatic heterocycles. The summed E-state index contributed by atoms with van der Waals surface area (Å²) < 4.78 is 32.4. The number of benzene rings is 1. The van der Waals surface area contributed by atoms with Crippen molar-refractivity contribution in [1.82, 2.24) is 4.98 Å². The molecule has 0 radical (unpaired) electrons. The number of rotatable bonds is 4. The molecule has 5 nitrogen and oxygen atoms in total. The van der Waals surface area contributed by atoms with E-state index in [1.807, 2.05) is 0 Å². The smallest absolute Gasteiger partial charge is 0.305 e. The van der Waals surface area contributed by atoms with Gasteiger partial charge in [0.05, 0.1) is 22.8 Å². The lowest BCUT2D eigenvalue weighted by atomic mass is 10.2. The molecule has 0 N–H and O–H groups in total. The molecule has 0 spiro atoms. The van der Waals surface area contributed by atoms with Crippen LogP contribution in [0.5, 0.6) is 0 Å². The summed E-state index contributed by atoms with van der Waals surface area (Å²) in [6.45, 7) is 0.203. The number of aromatic nitrogens is 1. The third-order valence-corrected chi connectivity index (χ3v) is 3.23. The fraction of sp³-hybridized carbons (Fsp3) is 0.182. The first-order valence-corrected chi connectivity index (χ1v) is 5.98. The molecule has 100 valence electrons. The molecule has 0 bridgehead atoms. The Morgan fingerprint density at radius 2 is 2.21 bits per heavy atom. The van der Waals surface area contributed by atoms with Gasteiger partial charge in [0.25, 0.3) is 0 Å². The fourth-order valence-corrected chi connectivity index (χ4v) is 2.36. The number of nitro benzene ring substituents is 1. The zero-order valence-electron chi connectivity index (χ0n) is 9.72. The van der Waals surface area contributed by atoms with Gasteiger partial charge in [-0.15, -0.1) is 11.3 Å². The zero-order chi connectivity index (χ0) is 14.0. The number of halogens is 2. The minimum atomic E-state index is -1.22. The van der Waals surface area contributed by atoms with Crippen LogP contribution in [-0.2, 0) is 11.3 Å². The van der Waals surface area contributed by atoms with E-state index in [4.69, 9.17) is 4.74 Å². The number of hydrogen-bond donors (Lipinski definition) is 0. The maximum Gasteiger partial charge on any atom is 0.305 e. The quantitative estimate of drug-likeness (QED) is 0.639. The van der Waals surface area contributed by atoms with Crippen molar-refractivity contribution in [3.05, 3.63) is 45.0 Å². The maximum atomic E-state index is 13.9. The molecule has 0 atom stereocenters. The second kappa shape index (κ2) is 5.37. The van der Waals surface area contributed by atoms with E-state index in [-0.39, 0.29) is 11.6 Å². The molecule has 0 aliphatic rings. The Morgan fingerprint density at radius 1 is 1.47 bits per heavy atom. The molecule has 1 aromatic heterocycles. The molecule has 0 saturated heterocycles. The summed E-state index contributed by atoms with van der Waals surface area (Å²) in [5.41, 5.74) is -0.755. The Kier molecular flexibility index (Phi) is 3.82. The van der Waals surface area contributed by atoms with Gasteiger partial charge in [-0.2, -0.15) is 4.39 Å². The van der Waals surface area contributed by atoms with Gasteiger partial charge in [-0.05, 0) is 6.07 Å². The molecule has 8 heteroatoms. The molecule has 19 heavy (non-hydrogen) atoms. The summed E-state index contributed by atoms with van der Waals surface area (Å²) in [5, 5.41) is 12.3. The zero-order valence-corrected chi connectivity index (χ0v) is 10.5. The van der Waals surface area contributed by atoms with Crippen molar-refractivity contribution in [3.63, 3.8) is 0 Å². The summed E-state index contributed by atoms with van der Waals surface area (Å²) in [6, 6.07) is 1.64. The van der Waals surface area contributed by atoms with Gasteiger partial charge in [0.15, 0.2) is 0 Å². The molecule has 2 rings (SSSR count). The highest BCUT2D eigenvalue weighted by Gasteiger charge is 2.24. The van der Waals surface area contributed by atoms with Crippen molar-refractivity contribution in [3.8, 4) is 10.6 Å². The van der Waals surface area contributed by atoms with Crippen LogP contribution in [0.25, 0.3) is 10.6 Å². The summed E-state index contributed by atoms with van der Waals surface area (Å²) in [5.74, 6) is -2.11. The van der Waals surface area contributed by atoms with Gasteiger partial charge >= 0.3 is 5.69 Å². The van der Waals surface area contributed by atoms with Gasteiger partial charge in [0.1, 0.15) is 10.8 Å². The average Bonchev–Trinajstić information content (AvgIpc) is 2.77. The summed E-state index contributed by atoms with van der Waals surface area (Å²) in [6.07, 6.45) is 0. The number of nitro groups is 1. The van der Waals surface area contributed by atoms with Gasteiger partial charge in [0.2, 0.25) is 5.82 Å². The Morgan fingerprint density at radius 3 is 2.84 bits per heavy atom. The van der Waals surface area contributed by atoms with E-state index in [2.05, 4.69) is 4.98 Å². The molecule has 0 unspecified atom stereocenters. The van der Waals surface area contributed by atoms with E-state index in [0.29, 0.717) is 5.69 Å². The first-order valence-electron chi connectivity index (χ1n) is 5.10. The molecule has 1 aromatic carbocycles. The molecule has 2 aromatic rings. The number of nitrogens with zero attached hydrogens (tertiary/aromatic N) is 2. The van der Waals surface area contributed by atoms with Crippen molar-refractivity contribution in [2.45, 2.75) is 6.61 Å². The van der Waals surface area contributed by atoms with Crippen LogP contribution in [0.3, 0.4) is 0 Å². The Bertz CT molecular complexity index is 630. The number of hydrogen-bond acceptors (Lipinski definition) is 5. The second-order valence-corrected chi connectivity index (χ2v) is 4.45. The number of ether oxygens (including phenoxy) is 1. The van der Waals surface area contributed by atoms with Crippen LogP contribution in [0.1, 0.15) is 5.69 Å². The predicted octanol–water partition coefficient (Wildman–Crippen LogP) is 3.14. The largest absolute Gasteiger partial charge is 0.378 e. The third kappa shape index (κ3) is 2.59. The van der Waals surface area contributed by atoms with Crippen molar-refractivity contribution in [1.29, 1.82) is 0 Å². The van der Waals surface area contributed by atoms with E-state index in [1.165, 1.54) is 7.11 Å². The van der Waals surface area contributed by atoms with E-state index in [9.17, 15) is 18.9 Å². The van der Waals surface area contributed by atoms with Crippen molar-refractivity contribution < 1.29 is 18.4 Å². The Labute approximate surface area is 110 Å². The van der Waals surface area contributed by atoms with Crippen molar-refractivity contribution in [2.75, 3.05) is 7.11 Å². The van der Waals surface area contributed by atoms with Crippen LogP contribution in [0, 0.1) is 21.7 Å². The number of thiazole rings is 1. The first kappa shape index (κ1) is 13.5. The lowest BCUT2D eigenvalue weighted by Crippen LogP contribution is -1.98. The molecule has 0 fully saturated rings. The van der Waals surface area contributed by atoms with Gasteiger partial charge in [0, 0.05) is 18.6 Å². The van der Waals surface area contributed by atoms with Crippen LogP contribution in [-0.4, -0.2) is 17.0 Å². The van der Waals surface area contributed by atoms with E-state index in [1.54, 1.807) is 5.38 Å². The normalized spacial score (nSPS) is 10.7. The number of methoxy groups -OCH3 is 1. The molecular formula is C11H8F2N2O3S. The summed E-state index contributed by atoms with van der Waals surface area (Å²) in [7, 11) is 1.47. The predicted molar refractivity (Wildman–Crippen MR) is 64.8 cm³/mol. The molecule has 0 aliphatic carbocycles. The summed E-state index contributed by atoms with van der Waals surface area (Å²) >= 11 is 0.998. The van der Waals surface area contributed by atoms with E-state index >= 15 is 0 Å². The minimum absolute atomic E-state index is 0.0470. The van der Waals surface area contributed by atoms with Gasteiger partial charge in [-0.1, -0.05) is 0 Å². The van der Waals surface area contributed by atoms with Crippen LogP contribution in [0.2, 0.25) is 0 Å². The highest BCUT2D eigenvalue weighted by Crippen LogP contribution is 2.33. The summed E-state index contributed by atoms with van der Waals surface area (Å²) in [4.78, 5) is 13.7.